The molecule has 0 aliphatic heterocycles. The van der Waals surface area contributed by atoms with Crippen LogP contribution in [0.25, 0.3) is 0 Å². The highest BCUT2D eigenvalue weighted by atomic mass is 19.1. The molecule has 3 rings (SSSR count). The maximum absolute atomic E-state index is 14.1. The molecular formula is C20H20F3NO. The van der Waals surface area contributed by atoms with E-state index in [0.717, 1.165) is 18.1 Å². The minimum Gasteiger partial charge on any atom is -0.355 e. The van der Waals surface area contributed by atoms with Gasteiger partial charge in [0.2, 0.25) is 5.91 Å². The molecular weight excluding hydrogens is 327 g/mol. The zero-order valence-corrected chi connectivity index (χ0v) is 14.0. The molecule has 0 aromatic heterocycles. The minimum atomic E-state index is -0.604. The fourth-order valence-corrected chi connectivity index (χ4v) is 3.35. The van der Waals surface area contributed by atoms with Crippen molar-refractivity contribution in [3.63, 3.8) is 0 Å². The third-order valence-electron chi connectivity index (χ3n) is 5.08. The normalized spacial score (nSPS) is 21.8. The van der Waals surface area contributed by atoms with E-state index >= 15 is 0 Å². The maximum atomic E-state index is 14.1. The number of rotatable bonds is 6. The van der Waals surface area contributed by atoms with Gasteiger partial charge in [-0.3, -0.25) is 4.79 Å². The molecule has 25 heavy (non-hydrogen) atoms. The SMILES string of the molecule is CC1CC1(CNC(=O)CCc1ccc(F)cc1)c1ccc(F)cc1F. The van der Waals surface area contributed by atoms with Gasteiger partial charge in [-0.05, 0) is 48.1 Å². The lowest BCUT2D eigenvalue weighted by Crippen LogP contribution is -2.34. The predicted octanol–water partition coefficient (Wildman–Crippen LogP) is 4.13. The van der Waals surface area contributed by atoms with Crippen LogP contribution in [0.4, 0.5) is 13.2 Å². The largest absolute Gasteiger partial charge is 0.355 e. The average molecular weight is 347 g/mol. The van der Waals surface area contributed by atoms with E-state index in [4.69, 9.17) is 0 Å². The standard InChI is InChI=1S/C20H20F3NO/c1-13-11-20(13,17-8-7-16(22)10-18(17)23)12-24-19(25)9-4-14-2-5-15(21)6-3-14/h2-3,5-8,10,13H,4,9,11-12H2,1H3,(H,24,25). The fraction of sp³-hybridized carbons (Fsp3) is 0.350. The Kier molecular flexibility index (Phi) is 4.84. The molecule has 2 atom stereocenters. The molecule has 1 aliphatic carbocycles. The van der Waals surface area contributed by atoms with Crippen molar-refractivity contribution in [1.82, 2.24) is 5.32 Å². The van der Waals surface area contributed by atoms with E-state index in [1.165, 1.54) is 24.3 Å². The second-order valence-corrected chi connectivity index (χ2v) is 6.79. The highest BCUT2D eigenvalue weighted by molar-refractivity contribution is 5.76. The zero-order chi connectivity index (χ0) is 18.0. The van der Waals surface area contributed by atoms with E-state index in [1.807, 2.05) is 6.92 Å². The van der Waals surface area contributed by atoms with Gasteiger partial charge >= 0.3 is 0 Å². The Bertz CT molecular complexity index is 775. The van der Waals surface area contributed by atoms with Crippen molar-refractivity contribution in [3.05, 3.63) is 71.0 Å². The van der Waals surface area contributed by atoms with Crippen molar-refractivity contribution in [2.75, 3.05) is 6.54 Å². The van der Waals surface area contributed by atoms with E-state index in [1.54, 1.807) is 12.1 Å². The monoisotopic (exact) mass is 347 g/mol. The van der Waals surface area contributed by atoms with Gasteiger partial charge < -0.3 is 5.32 Å². The van der Waals surface area contributed by atoms with E-state index < -0.39 is 17.0 Å². The fourth-order valence-electron chi connectivity index (χ4n) is 3.35. The second kappa shape index (κ2) is 6.90. The molecule has 0 heterocycles. The molecule has 0 saturated heterocycles. The summed E-state index contributed by atoms with van der Waals surface area (Å²) < 4.78 is 40.1. The molecule has 0 spiro atoms. The van der Waals surface area contributed by atoms with Crippen molar-refractivity contribution in [2.45, 2.75) is 31.6 Å². The van der Waals surface area contributed by atoms with Crippen molar-refractivity contribution < 1.29 is 18.0 Å². The third-order valence-corrected chi connectivity index (χ3v) is 5.08. The van der Waals surface area contributed by atoms with Crippen molar-refractivity contribution >= 4 is 5.91 Å². The van der Waals surface area contributed by atoms with Gasteiger partial charge in [0.1, 0.15) is 17.5 Å². The van der Waals surface area contributed by atoms with Gasteiger partial charge in [0.15, 0.2) is 0 Å². The number of halogens is 3. The van der Waals surface area contributed by atoms with Crippen LogP contribution in [0.1, 0.15) is 30.9 Å². The van der Waals surface area contributed by atoms with Gasteiger partial charge in [-0.25, -0.2) is 13.2 Å². The van der Waals surface area contributed by atoms with Crippen LogP contribution in [0.3, 0.4) is 0 Å². The molecule has 1 saturated carbocycles. The summed E-state index contributed by atoms with van der Waals surface area (Å²) >= 11 is 0. The van der Waals surface area contributed by atoms with E-state index in [9.17, 15) is 18.0 Å². The first-order chi connectivity index (χ1) is 11.9. The summed E-state index contributed by atoms with van der Waals surface area (Å²) in [5.74, 6) is -1.38. The molecule has 1 N–H and O–H groups in total. The first-order valence-electron chi connectivity index (χ1n) is 8.37. The van der Waals surface area contributed by atoms with Crippen molar-refractivity contribution in [3.8, 4) is 0 Å². The Morgan fingerprint density at radius 2 is 1.76 bits per heavy atom. The van der Waals surface area contributed by atoms with Gasteiger partial charge in [0.05, 0.1) is 0 Å². The highest BCUT2D eigenvalue weighted by Gasteiger charge is 2.53. The Hall–Kier alpha value is -2.30. The molecule has 2 nitrogen and oxygen atoms in total. The zero-order valence-electron chi connectivity index (χ0n) is 14.0. The van der Waals surface area contributed by atoms with Crippen LogP contribution >= 0.6 is 0 Å². The van der Waals surface area contributed by atoms with E-state index in [0.29, 0.717) is 18.5 Å². The third kappa shape index (κ3) is 3.86. The number of hydrogen-bond acceptors (Lipinski definition) is 1. The topological polar surface area (TPSA) is 29.1 Å². The molecule has 1 aliphatic rings. The number of nitrogens with one attached hydrogen (secondary N) is 1. The van der Waals surface area contributed by atoms with Crippen LogP contribution in [0.15, 0.2) is 42.5 Å². The van der Waals surface area contributed by atoms with Crippen molar-refractivity contribution in [1.29, 1.82) is 0 Å². The number of hydrogen-bond donors (Lipinski definition) is 1. The van der Waals surface area contributed by atoms with Crippen LogP contribution < -0.4 is 5.32 Å². The lowest BCUT2D eigenvalue weighted by molar-refractivity contribution is -0.121. The first kappa shape index (κ1) is 17.5. The molecule has 5 heteroatoms. The molecule has 0 bridgehead atoms. The Balaban J connectivity index is 1.58. The minimum absolute atomic E-state index is 0.134. The summed E-state index contributed by atoms with van der Waals surface area (Å²) in [6.07, 6.45) is 1.55. The Morgan fingerprint density at radius 1 is 1.12 bits per heavy atom. The van der Waals surface area contributed by atoms with Gasteiger partial charge in [0, 0.05) is 24.4 Å². The molecule has 1 amide bonds. The summed E-state index contributed by atoms with van der Waals surface area (Å²) in [5.41, 5.74) is 0.888. The molecule has 2 aromatic carbocycles. The molecule has 0 radical (unpaired) electrons. The number of carbonyl (C=O) groups excluding carboxylic acids is 1. The van der Waals surface area contributed by atoms with Gasteiger partial charge in [-0.15, -0.1) is 0 Å². The van der Waals surface area contributed by atoms with Crippen LogP contribution in [-0.4, -0.2) is 12.5 Å². The van der Waals surface area contributed by atoms with Gasteiger partial charge in [-0.2, -0.15) is 0 Å². The predicted molar refractivity (Wildman–Crippen MR) is 89.5 cm³/mol. The first-order valence-corrected chi connectivity index (χ1v) is 8.37. The lowest BCUT2D eigenvalue weighted by Gasteiger charge is -2.19. The van der Waals surface area contributed by atoms with Crippen LogP contribution in [0.2, 0.25) is 0 Å². The van der Waals surface area contributed by atoms with E-state index in [2.05, 4.69) is 5.32 Å². The average Bonchev–Trinajstić information content (AvgIpc) is 3.23. The van der Waals surface area contributed by atoms with Crippen LogP contribution in [-0.2, 0) is 16.6 Å². The summed E-state index contributed by atoms with van der Waals surface area (Å²) in [6.45, 7) is 2.33. The Labute approximate surface area is 145 Å². The maximum Gasteiger partial charge on any atom is 0.220 e. The molecule has 1 fully saturated rings. The number of carbonyl (C=O) groups is 1. The number of aryl methyl sites for hydroxylation is 1. The highest BCUT2D eigenvalue weighted by Crippen LogP contribution is 2.54. The smallest absolute Gasteiger partial charge is 0.220 e. The van der Waals surface area contributed by atoms with E-state index in [-0.39, 0.29) is 24.1 Å². The van der Waals surface area contributed by atoms with Crippen molar-refractivity contribution in [2.24, 2.45) is 5.92 Å². The summed E-state index contributed by atoms with van der Waals surface area (Å²) in [4.78, 5) is 12.1. The Morgan fingerprint density at radius 3 is 2.36 bits per heavy atom. The number of benzene rings is 2. The quantitative estimate of drug-likeness (QED) is 0.836. The number of amides is 1. The van der Waals surface area contributed by atoms with Crippen LogP contribution in [0, 0.1) is 23.4 Å². The summed E-state index contributed by atoms with van der Waals surface area (Å²) in [7, 11) is 0. The molecule has 132 valence electrons. The van der Waals surface area contributed by atoms with Gasteiger partial charge in [0.25, 0.3) is 0 Å². The summed E-state index contributed by atoms with van der Waals surface area (Å²) in [6, 6.07) is 9.65. The van der Waals surface area contributed by atoms with Gasteiger partial charge in [-0.1, -0.05) is 25.1 Å². The van der Waals surface area contributed by atoms with Crippen LogP contribution in [0.5, 0.6) is 0 Å². The summed E-state index contributed by atoms with van der Waals surface area (Å²) in [5, 5.41) is 2.86. The molecule has 2 aromatic rings. The second-order valence-electron chi connectivity index (χ2n) is 6.79. The molecule has 2 unspecified atom stereocenters. The lowest BCUT2D eigenvalue weighted by atomic mass is 9.92.